The highest BCUT2D eigenvalue weighted by molar-refractivity contribution is 5.75. The lowest BCUT2D eigenvalue weighted by Gasteiger charge is -2.08. The molecule has 0 radical (unpaired) electrons. The van der Waals surface area contributed by atoms with E-state index in [0.717, 1.165) is 0 Å². The van der Waals surface area contributed by atoms with Crippen molar-refractivity contribution in [1.82, 2.24) is 0 Å². The molecule has 14 heavy (non-hydrogen) atoms. The van der Waals surface area contributed by atoms with E-state index in [1.807, 2.05) is 0 Å². The standard InChI is InChI=1S/C9H12N2O3/c10-7-1-2-8(6(3-7)4-12)14-5-9(11)13/h1-3,12H,4-5,10H2,(H2,11,13). The van der Waals surface area contributed by atoms with Crippen molar-refractivity contribution in [3.8, 4) is 5.75 Å². The number of hydrogen-bond acceptors (Lipinski definition) is 4. The Morgan fingerprint density at radius 1 is 1.50 bits per heavy atom. The van der Waals surface area contributed by atoms with Crippen LogP contribution in [0.25, 0.3) is 0 Å². The Morgan fingerprint density at radius 2 is 2.21 bits per heavy atom. The van der Waals surface area contributed by atoms with Crippen LogP contribution in [-0.4, -0.2) is 17.6 Å². The SMILES string of the molecule is NC(=O)COc1ccc(N)cc1CO. The predicted molar refractivity (Wildman–Crippen MR) is 51.5 cm³/mol. The first-order chi connectivity index (χ1) is 6.63. The van der Waals surface area contributed by atoms with Gasteiger partial charge in [-0.15, -0.1) is 0 Å². The number of nitrogen functional groups attached to an aromatic ring is 1. The molecule has 1 aromatic carbocycles. The highest BCUT2D eigenvalue weighted by Crippen LogP contribution is 2.21. The number of benzene rings is 1. The maximum absolute atomic E-state index is 10.4. The molecule has 0 unspecified atom stereocenters. The predicted octanol–water partition coefficient (Wildman–Crippen LogP) is -0.375. The summed E-state index contributed by atoms with van der Waals surface area (Å²) in [6.45, 7) is -0.407. The van der Waals surface area contributed by atoms with Gasteiger partial charge in [0.25, 0.3) is 5.91 Å². The fourth-order valence-corrected chi connectivity index (χ4v) is 1.01. The molecule has 0 aliphatic heterocycles. The number of nitrogens with two attached hydrogens (primary N) is 2. The highest BCUT2D eigenvalue weighted by Gasteiger charge is 2.04. The van der Waals surface area contributed by atoms with E-state index in [1.54, 1.807) is 18.2 Å². The van der Waals surface area contributed by atoms with Crippen molar-refractivity contribution in [3.05, 3.63) is 23.8 Å². The van der Waals surface area contributed by atoms with Gasteiger partial charge in [-0.3, -0.25) is 4.79 Å². The first-order valence-corrected chi connectivity index (χ1v) is 4.04. The zero-order valence-corrected chi connectivity index (χ0v) is 7.56. The third kappa shape index (κ3) is 2.63. The van der Waals surface area contributed by atoms with Crippen LogP contribution in [0, 0.1) is 0 Å². The first kappa shape index (κ1) is 10.3. The van der Waals surface area contributed by atoms with Crippen LogP contribution >= 0.6 is 0 Å². The van der Waals surface area contributed by atoms with E-state index in [-0.39, 0.29) is 13.2 Å². The van der Waals surface area contributed by atoms with Gasteiger partial charge in [0, 0.05) is 11.3 Å². The second-order valence-electron chi connectivity index (χ2n) is 2.78. The molecule has 0 bridgehead atoms. The maximum Gasteiger partial charge on any atom is 0.255 e. The molecule has 5 nitrogen and oxygen atoms in total. The van der Waals surface area contributed by atoms with E-state index in [9.17, 15) is 4.79 Å². The molecule has 0 heterocycles. The van der Waals surface area contributed by atoms with Gasteiger partial charge < -0.3 is 21.3 Å². The van der Waals surface area contributed by atoms with E-state index in [2.05, 4.69) is 0 Å². The third-order valence-corrected chi connectivity index (χ3v) is 1.62. The van der Waals surface area contributed by atoms with Crippen LogP contribution in [0.5, 0.6) is 5.75 Å². The van der Waals surface area contributed by atoms with Gasteiger partial charge in [-0.25, -0.2) is 0 Å². The quantitative estimate of drug-likeness (QED) is 0.572. The number of ether oxygens (including phenoxy) is 1. The van der Waals surface area contributed by atoms with Crippen molar-refractivity contribution in [3.63, 3.8) is 0 Å². The van der Waals surface area contributed by atoms with Crippen molar-refractivity contribution in [1.29, 1.82) is 0 Å². The van der Waals surface area contributed by atoms with Crippen LogP contribution in [0.15, 0.2) is 18.2 Å². The Morgan fingerprint density at radius 3 is 2.79 bits per heavy atom. The second kappa shape index (κ2) is 4.48. The fraction of sp³-hybridized carbons (Fsp3) is 0.222. The molecule has 1 rings (SSSR count). The summed E-state index contributed by atoms with van der Waals surface area (Å²) < 4.78 is 5.05. The average Bonchev–Trinajstić information content (AvgIpc) is 2.15. The van der Waals surface area contributed by atoms with Crippen molar-refractivity contribution < 1.29 is 14.6 Å². The van der Waals surface area contributed by atoms with E-state index < -0.39 is 5.91 Å². The highest BCUT2D eigenvalue weighted by atomic mass is 16.5. The number of carbonyl (C=O) groups excluding carboxylic acids is 1. The van der Waals surface area contributed by atoms with Crippen LogP contribution in [-0.2, 0) is 11.4 Å². The minimum absolute atomic E-state index is 0.195. The number of primary amides is 1. The summed E-state index contributed by atoms with van der Waals surface area (Å²) in [6.07, 6.45) is 0. The van der Waals surface area contributed by atoms with Crippen molar-refractivity contribution in [2.45, 2.75) is 6.61 Å². The Kier molecular flexibility index (Phi) is 3.30. The summed E-state index contributed by atoms with van der Waals surface area (Å²) in [5, 5.41) is 8.96. The maximum atomic E-state index is 10.4. The molecule has 0 saturated carbocycles. The average molecular weight is 196 g/mol. The van der Waals surface area contributed by atoms with Crippen LogP contribution in [0.2, 0.25) is 0 Å². The number of amides is 1. The number of rotatable bonds is 4. The van der Waals surface area contributed by atoms with Gasteiger partial charge in [-0.2, -0.15) is 0 Å². The molecule has 0 aliphatic rings. The lowest BCUT2D eigenvalue weighted by atomic mass is 10.2. The van der Waals surface area contributed by atoms with Gasteiger partial charge in [-0.05, 0) is 18.2 Å². The van der Waals surface area contributed by atoms with E-state index >= 15 is 0 Å². The topological polar surface area (TPSA) is 98.6 Å². The summed E-state index contributed by atoms with van der Waals surface area (Å²) in [5.41, 5.74) is 11.5. The summed E-state index contributed by atoms with van der Waals surface area (Å²) in [4.78, 5) is 10.4. The van der Waals surface area contributed by atoms with Gasteiger partial charge >= 0.3 is 0 Å². The van der Waals surface area contributed by atoms with E-state index in [4.69, 9.17) is 21.3 Å². The molecule has 0 aliphatic carbocycles. The number of carbonyl (C=O) groups is 1. The van der Waals surface area contributed by atoms with Crippen LogP contribution in [0.3, 0.4) is 0 Å². The lowest BCUT2D eigenvalue weighted by molar-refractivity contribution is -0.119. The van der Waals surface area contributed by atoms with Gasteiger partial charge in [-0.1, -0.05) is 0 Å². The zero-order chi connectivity index (χ0) is 10.6. The fourth-order valence-electron chi connectivity index (χ4n) is 1.01. The Bertz CT molecular complexity index is 339. The first-order valence-electron chi connectivity index (χ1n) is 4.04. The molecule has 1 amide bonds. The number of hydrogen-bond donors (Lipinski definition) is 3. The molecule has 0 aromatic heterocycles. The van der Waals surface area contributed by atoms with Gasteiger partial charge in [0.2, 0.25) is 0 Å². The van der Waals surface area contributed by atoms with Crippen LogP contribution < -0.4 is 16.2 Å². The summed E-state index contributed by atoms with van der Waals surface area (Å²) in [6, 6.07) is 4.79. The molecular weight excluding hydrogens is 184 g/mol. The van der Waals surface area contributed by atoms with Gasteiger partial charge in [0.15, 0.2) is 6.61 Å². The Labute approximate surface area is 81.3 Å². The van der Waals surface area contributed by atoms with Crippen molar-refractivity contribution >= 4 is 11.6 Å². The molecular formula is C9H12N2O3. The molecule has 5 N–H and O–H groups in total. The molecule has 0 saturated heterocycles. The minimum atomic E-state index is -0.564. The Hall–Kier alpha value is -1.75. The summed E-state index contributed by atoms with van der Waals surface area (Å²) in [7, 11) is 0. The molecule has 0 fully saturated rings. The van der Waals surface area contributed by atoms with Crippen LogP contribution in [0.1, 0.15) is 5.56 Å². The number of anilines is 1. The van der Waals surface area contributed by atoms with Gasteiger partial charge in [0.1, 0.15) is 5.75 Å². The van der Waals surface area contributed by atoms with E-state index in [0.29, 0.717) is 17.0 Å². The zero-order valence-electron chi connectivity index (χ0n) is 7.56. The smallest absolute Gasteiger partial charge is 0.255 e. The second-order valence-corrected chi connectivity index (χ2v) is 2.78. The lowest BCUT2D eigenvalue weighted by Crippen LogP contribution is -2.20. The van der Waals surface area contributed by atoms with Crippen molar-refractivity contribution in [2.75, 3.05) is 12.3 Å². The van der Waals surface area contributed by atoms with Crippen molar-refractivity contribution in [2.24, 2.45) is 5.73 Å². The number of aliphatic hydroxyl groups excluding tert-OH is 1. The monoisotopic (exact) mass is 196 g/mol. The molecule has 76 valence electrons. The van der Waals surface area contributed by atoms with Crippen LogP contribution in [0.4, 0.5) is 5.69 Å². The number of aliphatic hydroxyl groups is 1. The van der Waals surface area contributed by atoms with E-state index in [1.165, 1.54) is 0 Å². The third-order valence-electron chi connectivity index (χ3n) is 1.62. The molecule has 0 spiro atoms. The largest absolute Gasteiger partial charge is 0.483 e. The Balaban J connectivity index is 2.80. The molecule has 1 aromatic rings. The molecule has 5 heteroatoms. The minimum Gasteiger partial charge on any atom is -0.483 e. The normalized spacial score (nSPS) is 9.79. The summed E-state index contributed by atoms with van der Waals surface area (Å²) >= 11 is 0. The summed E-state index contributed by atoms with van der Waals surface area (Å²) in [5.74, 6) is -0.147. The molecule has 0 atom stereocenters. The van der Waals surface area contributed by atoms with Gasteiger partial charge in [0.05, 0.1) is 6.61 Å².